The molecule has 2 saturated carbocycles. The lowest BCUT2D eigenvalue weighted by molar-refractivity contribution is -0.128. The van der Waals surface area contributed by atoms with Crippen molar-refractivity contribution in [2.45, 2.75) is 32.7 Å². The molecule has 1 amide bonds. The molecule has 0 radical (unpaired) electrons. The van der Waals surface area contributed by atoms with Crippen molar-refractivity contribution in [2.24, 2.45) is 23.7 Å². The van der Waals surface area contributed by atoms with E-state index in [0.29, 0.717) is 18.4 Å². The number of rotatable bonds is 3. The Labute approximate surface area is 108 Å². The third-order valence-corrected chi connectivity index (χ3v) is 4.82. The first-order valence-corrected chi connectivity index (χ1v) is 6.92. The van der Waals surface area contributed by atoms with Crippen LogP contribution in [0.1, 0.15) is 31.7 Å². The van der Waals surface area contributed by atoms with Crippen LogP contribution in [-0.2, 0) is 11.3 Å². The highest BCUT2D eigenvalue weighted by molar-refractivity contribution is 5.79. The van der Waals surface area contributed by atoms with Gasteiger partial charge in [0.2, 0.25) is 5.91 Å². The molecule has 2 aliphatic rings. The summed E-state index contributed by atoms with van der Waals surface area (Å²) in [6.45, 7) is 2.85. The summed E-state index contributed by atoms with van der Waals surface area (Å²) in [7, 11) is 0. The van der Waals surface area contributed by atoms with E-state index < -0.39 is 0 Å². The van der Waals surface area contributed by atoms with E-state index in [2.05, 4.69) is 17.2 Å². The van der Waals surface area contributed by atoms with Gasteiger partial charge in [-0.3, -0.25) is 9.78 Å². The number of nitrogens with zero attached hydrogens (tertiary/aromatic N) is 1. The van der Waals surface area contributed by atoms with E-state index in [0.717, 1.165) is 11.5 Å². The largest absolute Gasteiger partial charge is 0.352 e. The molecule has 1 aromatic heterocycles. The standard InChI is InChI=1S/C15H20N2O/c1-10-12-4-5-13(7-12)14(10)15(18)17-9-11-3-2-6-16-8-11/h2-3,6,8,10,12-14H,4-5,7,9H2,1H3,(H,17,18)/t10?,12?,13?,14-/m0/s1. The lowest BCUT2D eigenvalue weighted by Gasteiger charge is -2.27. The Morgan fingerprint density at radius 2 is 2.28 bits per heavy atom. The number of hydrogen-bond donors (Lipinski definition) is 1. The van der Waals surface area contributed by atoms with Crippen LogP contribution in [0.5, 0.6) is 0 Å². The smallest absolute Gasteiger partial charge is 0.223 e. The van der Waals surface area contributed by atoms with Crippen molar-refractivity contribution in [1.29, 1.82) is 0 Å². The first-order chi connectivity index (χ1) is 8.75. The summed E-state index contributed by atoms with van der Waals surface area (Å²) in [4.78, 5) is 16.3. The molecule has 0 spiro atoms. The topological polar surface area (TPSA) is 42.0 Å². The summed E-state index contributed by atoms with van der Waals surface area (Å²) in [5.74, 6) is 2.50. The summed E-state index contributed by atoms with van der Waals surface area (Å²) in [5, 5.41) is 3.08. The SMILES string of the molecule is CC1C2CCC(C2)[C@H]1C(=O)NCc1cccnc1. The van der Waals surface area contributed by atoms with Crippen molar-refractivity contribution in [3.05, 3.63) is 30.1 Å². The van der Waals surface area contributed by atoms with Gasteiger partial charge < -0.3 is 5.32 Å². The monoisotopic (exact) mass is 244 g/mol. The maximum absolute atomic E-state index is 12.3. The van der Waals surface area contributed by atoms with Gasteiger partial charge >= 0.3 is 0 Å². The van der Waals surface area contributed by atoms with Crippen LogP contribution in [0.25, 0.3) is 0 Å². The third kappa shape index (κ3) is 2.02. The molecule has 0 saturated heterocycles. The first-order valence-electron chi connectivity index (χ1n) is 6.92. The van der Waals surface area contributed by atoms with Gasteiger partial charge in [-0.15, -0.1) is 0 Å². The summed E-state index contributed by atoms with van der Waals surface area (Å²) >= 11 is 0. The fourth-order valence-corrected chi connectivity index (χ4v) is 3.84. The zero-order valence-electron chi connectivity index (χ0n) is 10.8. The van der Waals surface area contributed by atoms with Gasteiger partial charge in [0.15, 0.2) is 0 Å². The van der Waals surface area contributed by atoms with Crippen LogP contribution in [0.4, 0.5) is 0 Å². The van der Waals surface area contributed by atoms with E-state index >= 15 is 0 Å². The summed E-state index contributed by atoms with van der Waals surface area (Å²) in [6, 6.07) is 3.90. The van der Waals surface area contributed by atoms with Gasteiger partial charge in [-0.1, -0.05) is 13.0 Å². The predicted molar refractivity (Wildman–Crippen MR) is 69.6 cm³/mol. The fraction of sp³-hybridized carbons (Fsp3) is 0.600. The molecule has 1 heterocycles. The number of hydrogen-bond acceptors (Lipinski definition) is 2. The van der Waals surface area contributed by atoms with Crippen LogP contribution < -0.4 is 5.32 Å². The Hall–Kier alpha value is -1.38. The lowest BCUT2D eigenvalue weighted by Crippen LogP contribution is -2.37. The molecular weight excluding hydrogens is 224 g/mol. The van der Waals surface area contributed by atoms with Crippen LogP contribution in [-0.4, -0.2) is 10.9 Å². The maximum atomic E-state index is 12.3. The third-order valence-electron chi connectivity index (χ3n) is 4.82. The van der Waals surface area contributed by atoms with Crippen LogP contribution in [0.15, 0.2) is 24.5 Å². The first kappa shape index (κ1) is 11.7. The second-order valence-electron chi connectivity index (χ2n) is 5.80. The number of fused-ring (bicyclic) bond motifs is 2. The van der Waals surface area contributed by atoms with Crippen molar-refractivity contribution in [3.8, 4) is 0 Å². The van der Waals surface area contributed by atoms with Gasteiger partial charge in [-0.05, 0) is 48.6 Å². The molecule has 18 heavy (non-hydrogen) atoms. The molecular formula is C15H20N2O. The Morgan fingerprint density at radius 3 is 2.94 bits per heavy atom. The van der Waals surface area contributed by atoms with Crippen molar-refractivity contribution < 1.29 is 4.79 Å². The number of aromatic nitrogens is 1. The Balaban J connectivity index is 1.59. The molecule has 2 bridgehead atoms. The second kappa shape index (κ2) is 4.71. The van der Waals surface area contributed by atoms with E-state index in [4.69, 9.17) is 0 Å². The highest BCUT2D eigenvalue weighted by Crippen LogP contribution is 2.52. The molecule has 0 aromatic carbocycles. The van der Waals surface area contributed by atoms with Crippen molar-refractivity contribution in [3.63, 3.8) is 0 Å². The van der Waals surface area contributed by atoms with Crippen molar-refractivity contribution in [1.82, 2.24) is 10.3 Å². The average Bonchev–Trinajstić information content (AvgIpc) is 2.98. The highest BCUT2D eigenvalue weighted by atomic mass is 16.1. The quantitative estimate of drug-likeness (QED) is 0.887. The number of carbonyl (C=O) groups is 1. The molecule has 2 fully saturated rings. The molecule has 1 N–H and O–H groups in total. The van der Waals surface area contributed by atoms with Gasteiger partial charge in [0, 0.05) is 24.9 Å². The number of nitrogens with one attached hydrogen (secondary N) is 1. The second-order valence-corrected chi connectivity index (χ2v) is 5.80. The molecule has 1 aromatic rings. The lowest BCUT2D eigenvalue weighted by atomic mass is 9.80. The minimum Gasteiger partial charge on any atom is -0.352 e. The Kier molecular flexibility index (Phi) is 3.06. The molecule has 3 nitrogen and oxygen atoms in total. The van der Waals surface area contributed by atoms with E-state index in [1.807, 2.05) is 18.3 Å². The van der Waals surface area contributed by atoms with Crippen LogP contribution >= 0.6 is 0 Å². The molecule has 2 aliphatic carbocycles. The van der Waals surface area contributed by atoms with Gasteiger partial charge in [0.05, 0.1) is 0 Å². The number of amides is 1. The molecule has 96 valence electrons. The Bertz CT molecular complexity index is 429. The maximum Gasteiger partial charge on any atom is 0.223 e. The van der Waals surface area contributed by atoms with Crippen molar-refractivity contribution >= 4 is 5.91 Å². The van der Waals surface area contributed by atoms with Crippen LogP contribution in [0, 0.1) is 23.7 Å². The number of pyridine rings is 1. The van der Waals surface area contributed by atoms with Crippen LogP contribution in [0.3, 0.4) is 0 Å². The zero-order valence-corrected chi connectivity index (χ0v) is 10.8. The molecule has 4 atom stereocenters. The molecule has 3 unspecified atom stereocenters. The minimum atomic E-state index is 0.249. The number of carbonyl (C=O) groups excluding carboxylic acids is 1. The summed E-state index contributed by atoms with van der Waals surface area (Å²) in [5.41, 5.74) is 1.07. The normalized spacial score (nSPS) is 33.6. The highest BCUT2D eigenvalue weighted by Gasteiger charge is 2.48. The average molecular weight is 244 g/mol. The van der Waals surface area contributed by atoms with Gasteiger partial charge in [0.25, 0.3) is 0 Å². The molecule has 3 heteroatoms. The van der Waals surface area contributed by atoms with Gasteiger partial charge in [-0.2, -0.15) is 0 Å². The van der Waals surface area contributed by atoms with E-state index in [-0.39, 0.29) is 11.8 Å². The van der Waals surface area contributed by atoms with E-state index in [1.54, 1.807) is 6.20 Å². The summed E-state index contributed by atoms with van der Waals surface area (Å²) in [6.07, 6.45) is 7.41. The predicted octanol–water partition coefficient (Wildman–Crippen LogP) is 2.38. The van der Waals surface area contributed by atoms with Crippen LogP contribution in [0.2, 0.25) is 0 Å². The molecule has 3 rings (SSSR count). The fourth-order valence-electron chi connectivity index (χ4n) is 3.84. The van der Waals surface area contributed by atoms with E-state index in [9.17, 15) is 4.79 Å². The zero-order chi connectivity index (χ0) is 12.5. The Morgan fingerprint density at radius 1 is 1.44 bits per heavy atom. The van der Waals surface area contributed by atoms with Crippen molar-refractivity contribution in [2.75, 3.05) is 0 Å². The minimum absolute atomic E-state index is 0.249. The molecule has 0 aliphatic heterocycles. The van der Waals surface area contributed by atoms with Gasteiger partial charge in [0.1, 0.15) is 0 Å². The van der Waals surface area contributed by atoms with E-state index in [1.165, 1.54) is 19.3 Å². The summed E-state index contributed by atoms with van der Waals surface area (Å²) < 4.78 is 0. The van der Waals surface area contributed by atoms with Gasteiger partial charge in [-0.25, -0.2) is 0 Å².